The Morgan fingerprint density at radius 3 is 2.47 bits per heavy atom. The third kappa shape index (κ3) is 4.58. The van der Waals surface area contributed by atoms with Crippen LogP contribution in [0.1, 0.15) is 38.2 Å². The number of hydrogen-bond acceptors (Lipinski definition) is 2. The van der Waals surface area contributed by atoms with E-state index >= 15 is 0 Å². The molecule has 0 saturated heterocycles. The lowest BCUT2D eigenvalue weighted by molar-refractivity contribution is -0.120. The highest BCUT2D eigenvalue weighted by molar-refractivity contribution is 5.78. The molecule has 0 spiro atoms. The van der Waals surface area contributed by atoms with E-state index in [1.807, 2.05) is 24.3 Å². The summed E-state index contributed by atoms with van der Waals surface area (Å²) in [6.07, 6.45) is 5.56. The molecule has 0 heterocycles. The van der Waals surface area contributed by atoms with Crippen molar-refractivity contribution in [2.45, 2.75) is 39.0 Å². The number of amides is 1. The number of rotatable bonds is 4. The summed E-state index contributed by atoms with van der Waals surface area (Å²) < 4.78 is 0. The van der Waals surface area contributed by atoms with E-state index in [1.54, 1.807) is 0 Å². The van der Waals surface area contributed by atoms with Crippen LogP contribution >= 0.6 is 0 Å². The van der Waals surface area contributed by atoms with Crippen molar-refractivity contribution in [3.05, 3.63) is 29.8 Å². The van der Waals surface area contributed by atoms with Gasteiger partial charge in [0, 0.05) is 12.2 Å². The molecule has 1 aromatic rings. The van der Waals surface area contributed by atoms with Gasteiger partial charge in [-0.25, -0.2) is 0 Å². The number of nitrogen functional groups attached to an aromatic ring is 1. The predicted octanol–water partition coefficient (Wildman–Crippen LogP) is 2.75. The Kier molecular flexibility index (Phi) is 4.83. The molecule has 1 aromatic carbocycles. The average molecular weight is 260 g/mol. The van der Waals surface area contributed by atoms with Gasteiger partial charge in [0.1, 0.15) is 0 Å². The highest BCUT2D eigenvalue weighted by atomic mass is 16.1. The van der Waals surface area contributed by atoms with Crippen LogP contribution in [0.5, 0.6) is 0 Å². The van der Waals surface area contributed by atoms with Crippen molar-refractivity contribution >= 4 is 11.6 Å². The van der Waals surface area contributed by atoms with E-state index in [9.17, 15) is 4.79 Å². The molecule has 2 rings (SSSR count). The van der Waals surface area contributed by atoms with Crippen LogP contribution in [0.4, 0.5) is 5.69 Å². The van der Waals surface area contributed by atoms with Gasteiger partial charge in [-0.2, -0.15) is 0 Å². The summed E-state index contributed by atoms with van der Waals surface area (Å²) in [6, 6.07) is 7.50. The zero-order valence-corrected chi connectivity index (χ0v) is 11.7. The molecule has 19 heavy (non-hydrogen) atoms. The number of nitrogens with one attached hydrogen (secondary N) is 1. The lowest BCUT2D eigenvalue weighted by Gasteiger charge is -2.26. The van der Waals surface area contributed by atoms with Gasteiger partial charge in [0.2, 0.25) is 5.91 Å². The van der Waals surface area contributed by atoms with Crippen LogP contribution in [0.25, 0.3) is 0 Å². The van der Waals surface area contributed by atoms with Gasteiger partial charge in [0.25, 0.3) is 0 Å². The van der Waals surface area contributed by atoms with E-state index < -0.39 is 0 Å². The highest BCUT2D eigenvalue weighted by Gasteiger charge is 2.18. The molecule has 1 saturated carbocycles. The number of hydrogen-bond donors (Lipinski definition) is 2. The molecule has 3 nitrogen and oxygen atoms in total. The number of carbonyl (C=O) groups is 1. The van der Waals surface area contributed by atoms with Gasteiger partial charge < -0.3 is 11.1 Å². The molecule has 3 heteroatoms. The Morgan fingerprint density at radius 2 is 1.84 bits per heavy atom. The van der Waals surface area contributed by atoms with E-state index in [-0.39, 0.29) is 5.91 Å². The lowest BCUT2D eigenvalue weighted by atomic mass is 9.83. The zero-order chi connectivity index (χ0) is 13.7. The summed E-state index contributed by atoms with van der Waals surface area (Å²) in [6.45, 7) is 3.15. The number of benzene rings is 1. The molecule has 0 unspecified atom stereocenters. The summed E-state index contributed by atoms with van der Waals surface area (Å²) in [7, 11) is 0. The van der Waals surface area contributed by atoms with Gasteiger partial charge in [0.15, 0.2) is 0 Å². The van der Waals surface area contributed by atoms with E-state index in [2.05, 4.69) is 12.2 Å². The van der Waals surface area contributed by atoms with Gasteiger partial charge in [-0.1, -0.05) is 31.9 Å². The summed E-state index contributed by atoms with van der Waals surface area (Å²) >= 11 is 0. The molecule has 1 aliphatic carbocycles. The van der Waals surface area contributed by atoms with Gasteiger partial charge in [-0.05, 0) is 42.4 Å². The topological polar surface area (TPSA) is 55.1 Å². The van der Waals surface area contributed by atoms with E-state index in [4.69, 9.17) is 5.73 Å². The monoisotopic (exact) mass is 260 g/mol. The Hall–Kier alpha value is -1.51. The van der Waals surface area contributed by atoms with Crippen LogP contribution in [0.2, 0.25) is 0 Å². The van der Waals surface area contributed by atoms with Crippen molar-refractivity contribution in [2.75, 3.05) is 12.3 Å². The third-order valence-corrected chi connectivity index (χ3v) is 4.07. The van der Waals surface area contributed by atoms with E-state index in [1.165, 1.54) is 25.7 Å². The van der Waals surface area contributed by atoms with Crippen LogP contribution in [-0.4, -0.2) is 12.5 Å². The van der Waals surface area contributed by atoms with Gasteiger partial charge in [-0.3, -0.25) is 4.79 Å². The Labute approximate surface area is 115 Å². The normalized spacial score (nSPS) is 23.0. The Morgan fingerprint density at radius 1 is 1.21 bits per heavy atom. The first-order chi connectivity index (χ1) is 9.13. The molecule has 0 aromatic heterocycles. The number of carbonyl (C=O) groups excluding carboxylic acids is 1. The summed E-state index contributed by atoms with van der Waals surface area (Å²) in [4.78, 5) is 11.9. The minimum atomic E-state index is 0.114. The molecule has 1 aliphatic rings. The smallest absolute Gasteiger partial charge is 0.224 e. The van der Waals surface area contributed by atoms with Crippen LogP contribution in [0.15, 0.2) is 24.3 Å². The maximum absolute atomic E-state index is 11.9. The van der Waals surface area contributed by atoms with Crippen molar-refractivity contribution < 1.29 is 4.79 Å². The average Bonchev–Trinajstić information content (AvgIpc) is 2.41. The highest BCUT2D eigenvalue weighted by Crippen LogP contribution is 2.27. The molecule has 0 radical (unpaired) electrons. The second kappa shape index (κ2) is 6.60. The first-order valence-corrected chi connectivity index (χ1v) is 7.24. The summed E-state index contributed by atoms with van der Waals surface area (Å²) in [5, 5.41) is 3.06. The first-order valence-electron chi connectivity index (χ1n) is 7.24. The van der Waals surface area contributed by atoms with E-state index in [0.717, 1.165) is 23.7 Å². The quantitative estimate of drug-likeness (QED) is 0.818. The second-order valence-electron chi connectivity index (χ2n) is 5.85. The third-order valence-electron chi connectivity index (χ3n) is 4.07. The van der Waals surface area contributed by atoms with Gasteiger partial charge >= 0.3 is 0 Å². The van der Waals surface area contributed by atoms with Crippen LogP contribution in [-0.2, 0) is 11.2 Å². The van der Waals surface area contributed by atoms with Crippen molar-refractivity contribution in [3.63, 3.8) is 0 Å². The molecule has 3 N–H and O–H groups in total. The summed E-state index contributed by atoms with van der Waals surface area (Å²) in [5.74, 6) is 1.65. The fourth-order valence-electron chi connectivity index (χ4n) is 2.67. The Balaban J connectivity index is 1.71. The Bertz CT molecular complexity index is 405. The van der Waals surface area contributed by atoms with Gasteiger partial charge in [-0.15, -0.1) is 0 Å². The molecule has 0 atom stereocenters. The van der Waals surface area contributed by atoms with Crippen LogP contribution in [0, 0.1) is 11.8 Å². The fraction of sp³-hybridized carbons (Fsp3) is 0.562. The standard InChI is InChI=1S/C16H24N2O/c1-12-2-4-14(5-3-12)11-18-16(19)10-13-6-8-15(17)9-7-13/h6-9,12,14H,2-5,10-11,17H2,1H3,(H,18,19). The maximum Gasteiger partial charge on any atom is 0.224 e. The minimum Gasteiger partial charge on any atom is -0.399 e. The van der Waals surface area contributed by atoms with Crippen molar-refractivity contribution in [1.29, 1.82) is 0 Å². The van der Waals surface area contributed by atoms with Crippen molar-refractivity contribution in [3.8, 4) is 0 Å². The molecular weight excluding hydrogens is 236 g/mol. The SMILES string of the molecule is CC1CCC(CNC(=O)Cc2ccc(N)cc2)CC1. The number of anilines is 1. The maximum atomic E-state index is 11.9. The minimum absolute atomic E-state index is 0.114. The second-order valence-corrected chi connectivity index (χ2v) is 5.85. The molecule has 1 amide bonds. The molecule has 1 fully saturated rings. The molecule has 0 aliphatic heterocycles. The number of nitrogens with two attached hydrogens (primary N) is 1. The first kappa shape index (κ1) is 13.9. The summed E-state index contributed by atoms with van der Waals surface area (Å²) in [5.41, 5.74) is 7.38. The lowest BCUT2D eigenvalue weighted by Crippen LogP contribution is -2.32. The predicted molar refractivity (Wildman–Crippen MR) is 78.7 cm³/mol. The zero-order valence-electron chi connectivity index (χ0n) is 11.7. The van der Waals surface area contributed by atoms with Crippen LogP contribution < -0.4 is 11.1 Å². The van der Waals surface area contributed by atoms with E-state index in [0.29, 0.717) is 12.3 Å². The largest absolute Gasteiger partial charge is 0.399 e. The molecular formula is C16H24N2O. The van der Waals surface area contributed by atoms with Crippen molar-refractivity contribution in [1.82, 2.24) is 5.32 Å². The fourth-order valence-corrected chi connectivity index (χ4v) is 2.67. The molecule has 104 valence electrons. The van der Waals surface area contributed by atoms with Crippen molar-refractivity contribution in [2.24, 2.45) is 11.8 Å². The van der Waals surface area contributed by atoms with Crippen LogP contribution in [0.3, 0.4) is 0 Å². The molecule has 0 bridgehead atoms. The van der Waals surface area contributed by atoms with Gasteiger partial charge in [0.05, 0.1) is 6.42 Å².